The number of hydrogen-bond acceptors (Lipinski definition) is 5. The third kappa shape index (κ3) is 4.74. The molecule has 1 aliphatic heterocycles. The number of ketones is 1. The maximum Gasteiger partial charge on any atom is 0.180 e. The normalized spacial score (nSPS) is 16.4. The van der Waals surface area contributed by atoms with Crippen LogP contribution in [-0.2, 0) is 4.79 Å². The van der Waals surface area contributed by atoms with Crippen LogP contribution in [0.4, 0.5) is 5.69 Å². The lowest BCUT2D eigenvalue weighted by Crippen LogP contribution is -2.34. The van der Waals surface area contributed by atoms with E-state index in [0.29, 0.717) is 23.8 Å². The zero-order valence-electron chi connectivity index (χ0n) is 15.5. The van der Waals surface area contributed by atoms with Gasteiger partial charge in [0.25, 0.3) is 0 Å². The number of fused-ring (bicyclic) bond motifs is 1. The second-order valence-corrected chi connectivity index (χ2v) is 8.30. The highest BCUT2D eigenvalue weighted by atomic mass is 16.1. The van der Waals surface area contributed by atoms with Crippen LogP contribution in [0.15, 0.2) is 24.7 Å². The summed E-state index contributed by atoms with van der Waals surface area (Å²) in [6, 6.07) is 2.03. The first kappa shape index (κ1) is 17.8. The van der Waals surface area contributed by atoms with Crippen molar-refractivity contribution in [2.24, 2.45) is 11.3 Å². The molecule has 2 aromatic heterocycles. The highest BCUT2D eigenvalue weighted by molar-refractivity contribution is 5.85. The quantitative estimate of drug-likeness (QED) is 0.822. The van der Waals surface area contributed by atoms with E-state index in [-0.39, 0.29) is 5.41 Å². The smallest absolute Gasteiger partial charge is 0.180 e. The molecule has 3 heterocycles. The molecule has 0 radical (unpaired) electrons. The standard InChI is InChI=1S/C20H28N4O/c1-20(2,3)14-16(25)5-4-15-7-12-24(13-8-15)17-6-9-22-19-18(17)21-10-11-23-19/h6,9-11,15H,4-5,7-8,12-14H2,1-3H3. The van der Waals surface area contributed by atoms with Crippen molar-refractivity contribution >= 4 is 22.6 Å². The van der Waals surface area contributed by atoms with E-state index >= 15 is 0 Å². The van der Waals surface area contributed by atoms with Gasteiger partial charge in [-0.25, -0.2) is 15.0 Å². The summed E-state index contributed by atoms with van der Waals surface area (Å²) in [7, 11) is 0. The summed E-state index contributed by atoms with van der Waals surface area (Å²) in [6.07, 6.45) is 9.92. The molecule has 2 aromatic rings. The summed E-state index contributed by atoms with van der Waals surface area (Å²) < 4.78 is 0. The predicted octanol–water partition coefficient (Wildman–Crippen LogP) is 4.03. The van der Waals surface area contributed by atoms with Crippen LogP contribution in [0, 0.1) is 11.3 Å². The van der Waals surface area contributed by atoms with Crippen molar-refractivity contribution in [3.05, 3.63) is 24.7 Å². The number of nitrogens with zero attached hydrogens (tertiary/aromatic N) is 4. The maximum atomic E-state index is 12.1. The Bertz CT molecular complexity index is 725. The summed E-state index contributed by atoms with van der Waals surface area (Å²) >= 11 is 0. The minimum Gasteiger partial charge on any atom is -0.370 e. The molecule has 0 N–H and O–H groups in total. The average Bonchev–Trinajstić information content (AvgIpc) is 2.58. The zero-order chi connectivity index (χ0) is 17.9. The fourth-order valence-corrected chi connectivity index (χ4v) is 3.63. The highest BCUT2D eigenvalue weighted by Crippen LogP contribution is 2.29. The molecule has 0 bridgehead atoms. The number of hydrogen-bond donors (Lipinski definition) is 0. The largest absolute Gasteiger partial charge is 0.370 e. The molecule has 3 rings (SSSR count). The Morgan fingerprint density at radius 2 is 1.80 bits per heavy atom. The summed E-state index contributed by atoms with van der Waals surface area (Å²) in [5, 5.41) is 0. The first-order chi connectivity index (χ1) is 11.9. The molecule has 0 amide bonds. The van der Waals surface area contributed by atoms with E-state index in [4.69, 9.17) is 0 Å². The molecule has 1 aliphatic rings. The van der Waals surface area contributed by atoms with Gasteiger partial charge in [-0.2, -0.15) is 0 Å². The number of anilines is 1. The Morgan fingerprint density at radius 3 is 2.52 bits per heavy atom. The molecule has 0 saturated carbocycles. The Morgan fingerprint density at radius 1 is 1.12 bits per heavy atom. The van der Waals surface area contributed by atoms with E-state index in [0.717, 1.165) is 50.0 Å². The van der Waals surface area contributed by atoms with Crippen LogP contribution in [-0.4, -0.2) is 33.8 Å². The third-order valence-electron chi connectivity index (χ3n) is 4.86. The molecule has 1 saturated heterocycles. The van der Waals surface area contributed by atoms with E-state index in [1.54, 1.807) is 12.4 Å². The maximum absolute atomic E-state index is 12.1. The van der Waals surface area contributed by atoms with Crippen LogP contribution in [0.25, 0.3) is 11.2 Å². The highest BCUT2D eigenvalue weighted by Gasteiger charge is 2.23. The van der Waals surface area contributed by atoms with E-state index in [1.807, 2.05) is 12.3 Å². The van der Waals surface area contributed by atoms with Crippen molar-refractivity contribution in [1.82, 2.24) is 15.0 Å². The second-order valence-electron chi connectivity index (χ2n) is 8.30. The molecule has 0 spiro atoms. The molecule has 1 fully saturated rings. The number of carbonyl (C=O) groups excluding carboxylic acids is 1. The number of pyridine rings is 1. The lowest BCUT2D eigenvalue weighted by molar-refractivity contribution is -0.121. The summed E-state index contributed by atoms with van der Waals surface area (Å²) in [6.45, 7) is 8.41. The Labute approximate surface area is 149 Å². The van der Waals surface area contributed by atoms with E-state index < -0.39 is 0 Å². The van der Waals surface area contributed by atoms with Crippen LogP contribution >= 0.6 is 0 Å². The van der Waals surface area contributed by atoms with Crippen LogP contribution < -0.4 is 4.90 Å². The molecular weight excluding hydrogens is 312 g/mol. The fraction of sp³-hybridized carbons (Fsp3) is 0.600. The van der Waals surface area contributed by atoms with Gasteiger partial charge in [0.2, 0.25) is 0 Å². The summed E-state index contributed by atoms with van der Waals surface area (Å²) in [4.78, 5) is 27.5. The van der Waals surface area contributed by atoms with Crippen molar-refractivity contribution in [1.29, 1.82) is 0 Å². The SMILES string of the molecule is CC(C)(C)CC(=O)CCC1CCN(c2ccnc3nccnc23)CC1. The van der Waals surface area contributed by atoms with Crippen molar-refractivity contribution < 1.29 is 4.79 Å². The van der Waals surface area contributed by atoms with Gasteiger partial charge >= 0.3 is 0 Å². The van der Waals surface area contributed by atoms with E-state index in [1.165, 1.54) is 0 Å². The van der Waals surface area contributed by atoms with Crippen molar-refractivity contribution in [2.45, 2.75) is 52.9 Å². The number of aromatic nitrogens is 3. The van der Waals surface area contributed by atoms with Crippen molar-refractivity contribution in [2.75, 3.05) is 18.0 Å². The molecule has 25 heavy (non-hydrogen) atoms. The van der Waals surface area contributed by atoms with Gasteiger partial charge in [-0.15, -0.1) is 0 Å². The lowest BCUT2D eigenvalue weighted by Gasteiger charge is -2.33. The molecule has 5 nitrogen and oxygen atoms in total. The summed E-state index contributed by atoms with van der Waals surface area (Å²) in [5.74, 6) is 1.06. The number of Topliss-reactive ketones (excluding diaryl/α,β-unsaturated/α-hetero) is 1. The van der Waals surface area contributed by atoms with Crippen molar-refractivity contribution in [3.63, 3.8) is 0 Å². The molecular formula is C20H28N4O. The zero-order valence-corrected chi connectivity index (χ0v) is 15.5. The van der Waals surface area contributed by atoms with Crippen LogP contribution in [0.2, 0.25) is 0 Å². The monoisotopic (exact) mass is 340 g/mol. The first-order valence-electron chi connectivity index (χ1n) is 9.25. The fourth-order valence-electron chi connectivity index (χ4n) is 3.63. The second kappa shape index (κ2) is 7.46. The number of carbonyl (C=O) groups is 1. The lowest BCUT2D eigenvalue weighted by atomic mass is 9.86. The molecule has 5 heteroatoms. The first-order valence-corrected chi connectivity index (χ1v) is 9.25. The minimum absolute atomic E-state index is 0.101. The number of piperidine rings is 1. The van der Waals surface area contributed by atoms with Crippen molar-refractivity contribution in [3.8, 4) is 0 Å². The van der Waals surface area contributed by atoms with Gasteiger partial charge in [-0.1, -0.05) is 20.8 Å². The van der Waals surface area contributed by atoms with Crippen LogP contribution in [0.1, 0.15) is 52.9 Å². The Hall–Kier alpha value is -2.04. The summed E-state index contributed by atoms with van der Waals surface area (Å²) in [5.41, 5.74) is 2.81. The molecule has 0 aliphatic carbocycles. The third-order valence-corrected chi connectivity index (χ3v) is 4.86. The Kier molecular flexibility index (Phi) is 5.30. The topological polar surface area (TPSA) is 59.0 Å². The molecule has 0 aromatic carbocycles. The van der Waals surface area contributed by atoms with Gasteiger partial charge in [-0.05, 0) is 36.7 Å². The van der Waals surface area contributed by atoms with Gasteiger partial charge in [0.1, 0.15) is 11.3 Å². The van der Waals surface area contributed by atoms with Gasteiger partial charge in [0.15, 0.2) is 5.65 Å². The van der Waals surface area contributed by atoms with E-state index in [2.05, 4.69) is 40.6 Å². The molecule has 134 valence electrons. The predicted molar refractivity (Wildman–Crippen MR) is 101 cm³/mol. The minimum atomic E-state index is 0.101. The van der Waals surface area contributed by atoms with Gasteiger partial charge in [0.05, 0.1) is 5.69 Å². The van der Waals surface area contributed by atoms with Gasteiger partial charge < -0.3 is 4.90 Å². The van der Waals surface area contributed by atoms with Gasteiger partial charge in [-0.3, -0.25) is 4.79 Å². The van der Waals surface area contributed by atoms with Gasteiger partial charge in [0, 0.05) is 44.5 Å². The molecule has 0 unspecified atom stereocenters. The molecule has 0 atom stereocenters. The average molecular weight is 340 g/mol. The van der Waals surface area contributed by atoms with Crippen LogP contribution in [0.5, 0.6) is 0 Å². The Balaban J connectivity index is 1.54. The number of rotatable bonds is 5. The van der Waals surface area contributed by atoms with Crippen LogP contribution in [0.3, 0.4) is 0 Å². The van der Waals surface area contributed by atoms with E-state index in [9.17, 15) is 4.79 Å².